The second-order valence-electron chi connectivity index (χ2n) is 4.76. The van der Waals surface area contributed by atoms with Gasteiger partial charge in [0, 0.05) is 6.42 Å². The van der Waals surface area contributed by atoms with Crippen molar-refractivity contribution in [3.63, 3.8) is 0 Å². The highest BCUT2D eigenvalue weighted by molar-refractivity contribution is 5.85. The Morgan fingerprint density at radius 2 is 1.95 bits per heavy atom. The summed E-state index contributed by atoms with van der Waals surface area (Å²) in [6, 6.07) is 0. The highest BCUT2D eigenvalue weighted by atomic mass is 16.6. The predicted octanol–water partition coefficient (Wildman–Crippen LogP) is 1.98. The van der Waals surface area contributed by atoms with Gasteiger partial charge in [-0.05, 0) is 20.3 Å². The molecule has 0 aliphatic heterocycles. The second-order valence-corrected chi connectivity index (χ2v) is 4.76. The van der Waals surface area contributed by atoms with Crippen molar-refractivity contribution in [1.29, 1.82) is 0 Å². The minimum absolute atomic E-state index is 0.0371. The smallest absolute Gasteiger partial charge is 0.339 e. The van der Waals surface area contributed by atoms with Crippen LogP contribution < -0.4 is 0 Å². The van der Waals surface area contributed by atoms with Crippen molar-refractivity contribution in [2.45, 2.75) is 52.1 Å². The summed E-state index contributed by atoms with van der Waals surface area (Å²) in [4.78, 5) is 23.2. The van der Waals surface area contributed by atoms with E-state index in [9.17, 15) is 14.7 Å². The summed E-state index contributed by atoms with van der Waals surface area (Å²) in [5.74, 6) is -1.42. The van der Waals surface area contributed by atoms with Crippen LogP contribution in [0.3, 0.4) is 0 Å². The lowest BCUT2D eigenvalue weighted by atomic mass is 9.94. The third-order valence-corrected chi connectivity index (χ3v) is 2.62. The molecule has 0 bridgehead atoms. The SMILES string of the molecule is CCCCOC(=O)[C@@](O)(CC=C(C)C)CC(=O)OC. The normalized spacial score (nSPS) is 13.3. The van der Waals surface area contributed by atoms with E-state index in [1.807, 2.05) is 20.8 Å². The van der Waals surface area contributed by atoms with E-state index in [0.29, 0.717) is 0 Å². The number of ether oxygens (including phenoxy) is 2. The minimum Gasteiger partial charge on any atom is -0.469 e. The molecule has 0 saturated heterocycles. The Kier molecular flexibility index (Phi) is 8.07. The lowest BCUT2D eigenvalue weighted by molar-refractivity contribution is -0.171. The van der Waals surface area contributed by atoms with Crippen LogP contribution in [-0.2, 0) is 19.1 Å². The molecule has 0 aromatic rings. The zero-order chi connectivity index (χ0) is 14.9. The molecule has 1 atom stereocenters. The van der Waals surface area contributed by atoms with Crippen molar-refractivity contribution in [3.8, 4) is 0 Å². The molecule has 0 aromatic heterocycles. The molecule has 1 N–H and O–H groups in total. The van der Waals surface area contributed by atoms with Crippen LogP contribution in [-0.4, -0.2) is 36.4 Å². The fraction of sp³-hybridized carbons (Fsp3) is 0.714. The van der Waals surface area contributed by atoms with Crippen LogP contribution in [0.25, 0.3) is 0 Å². The number of hydrogen-bond donors (Lipinski definition) is 1. The number of rotatable bonds is 8. The van der Waals surface area contributed by atoms with E-state index in [1.165, 1.54) is 7.11 Å². The van der Waals surface area contributed by atoms with Gasteiger partial charge in [-0.2, -0.15) is 0 Å². The van der Waals surface area contributed by atoms with Crippen molar-refractivity contribution in [3.05, 3.63) is 11.6 Å². The van der Waals surface area contributed by atoms with Crippen LogP contribution in [0.2, 0.25) is 0 Å². The molecule has 0 saturated carbocycles. The van der Waals surface area contributed by atoms with Gasteiger partial charge >= 0.3 is 11.9 Å². The Balaban J connectivity index is 4.77. The molecule has 0 fully saturated rings. The van der Waals surface area contributed by atoms with E-state index >= 15 is 0 Å². The van der Waals surface area contributed by atoms with Gasteiger partial charge in [0.2, 0.25) is 0 Å². The number of unbranched alkanes of at least 4 members (excludes halogenated alkanes) is 1. The van der Waals surface area contributed by atoms with E-state index in [0.717, 1.165) is 18.4 Å². The van der Waals surface area contributed by atoms with Gasteiger partial charge in [0.05, 0.1) is 20.1 Å². The summed E-state index contributed by atoms with van der Waals surface area (Å²) in [7, 11) is 1.21. The summed E-state index contributed by atoms with van der Waals surface area (Å²) in [6.45, 7) is 5.91. The molecule has 5 heteroatoms. The average Bonchev–Trinajstić information content (AvgIpc) is 2.36. The molecule has 0 unspecified atom stereocenters. The van der Waals surface area contributed by atoms with Crippen LogP contribution >= 0.6 is 0 Å². The average molecular weight is 272 g/mol. The van der Waals surface area contributed by atoms with Crippen LogP contribution in [0.15, 0.2) is 11.6 Å². The van der Waals surface area contributed by atoms with Crippen LogP contribution in [0.1, 0.15) is 46.5 Å². The first-order valence-corrected chi connectivity index (χ1v) is 6.45. The molecule has 0 radical (unpaired) electrons. The molecule has 0 aromatic carbocycles. The molecule has 0 amide bonds. The van der Waals surface area contributed by atoms with Gasteiger partial charge in [0.15, 0.2) is 5.60 Å². The Hall–Kier alpha value is -1.36. The Morgan fingerprint density at radius 1 is 1.32 bits per heavy atom. The number of carbonyl (C=O) groups excluding carboxylic acids is 2. The zero-order valence-electron chi connectivity index (χ0n) is 12.2. The zero-order valence-corrected chi connectivity index (χ0v) is 12.2. The lowest BCUT2D eigenvalue weighted by Gasteiger charge is -2.23. The highest BCUT2D eigenvalue weighted by Crippen LogP contribution is 2.20. The minimum atomic E-state index is -1.85. The number of carbonyl (C=O) groups is 2. The predicted molar refractivity (Wildman–Crippen MR) is 71.5 cm³/mol. The Morgan fingerprint density at radius 3 is 2.42 bits per heavy atom. The van der Waals surface area contributed by atoms with Gasteiger partial charge < -0.3 is 14.6 Å². The molecular weight excluding hydrogens is 248 g/mol. The fourth-order valence-corrected chi connectivity index (χ4v) is 1.36. The van der Waals surface area contributed by atoms with Gasteiger partial charge in [0.1, 0.15) is 0 Å². The maximum Gasteiger partial charge on any atom is 0.339 e. The number of allylic oxidation sites excluding steroid dienone is 1. The molecule has 19 heavy (non-hydrogen) atoms. The number of hydrogen-bond acceptors (Lipinski definition) is 5. The highest BCUT2D eigenvalue weighted by Gasteiger charge is 2.39. The van der Waals surface area contributed by atoms with Crippen molar-refractivity contribution >= 4 is 11.9 Å². The van der Waals surface area contributed by atoms with Gasteiger partial charge in [-0.25, -0.2) is 4.79 Å². The number of aliphatic hydroxyl groups is 1. The Labute approximate surface area is 114 Å². The molecule has 0 aliphatic rings. The van der Waals surface area contributed by atoms with Gasteiger partial charge in [-0.3, -0.25) is 4.79 Å². The third kappa shape index (κ3) is 6.96. The molecule has 0 aliphatic carbocycles. The number of esters is 2. The van der Waals surface area contributed by atoms with Crippen LogP contribution in [0.4, 0.5) is 0 Å². The second kappa shape index (κ2) is 8.69. The first-order chi connectivity index (χ1) is 8.85. The van der Waals surface area contributed by atoms with E-state index in [-0.39, 0.29) is 13.0 Å². The van der Waals surface area contributed by atoms with Crippen molar-refractivity contribution in [1.82, 2.24) is 0 Å². The summed E-state index contributed by atoms with van der Waals surface area (Å²) in [6.07, 6.45) is 2.94. The molecule has 0 rings (SSSR count). The first kappa shape index (κ1) is 17.6. The van der Waals surface area contributed by atoms with Crippen molar-refractivity contribution in [2.75, 3.05) is 13.7 Å². The molecule has 110 valence electrons. The summed E-state index contributed by atoms with van der Waals surface area (Å²) in [5, 5.41) is 10.3. The van der Waals surface area contributed by atoms with Crippen molar-refractivity contribution < 1.29 is 24.2 Å². The Bertz CT molecular complexity index is 331. The third-order valence-electron chi connectivity index (χ3n) is 2.62. The van der Waals surface area contributed by atoms with Crippen molar-refractivity contribution in [2.24, 2.45) is 0 Å². The van der Waals surface area contributed by atoms with E-state index in [2.05, 4.69) is 4.74 Å². The quantitative estimate of drug-likeness (QED) is 0.415. The lowest BCUT2D eigenvalue weighted by Crippen LogP contribution is -2.42. The topological polar surface area (TPSA) is 72.8 Å². The van der Waals surface area contributed by atoms with E-state index in [1.54, 1.807) is 6.08 Å². The molecule has 0 heterocycles. The maximum atomic E-state index is 11.9. The molecule has 0 spiro atoms. The summed E-state index contributed by atoms with van der Waals surface area (Å²) < 4.78 is 9.50. The molecular formula is C14H24O5. The maximum absolute atomic E-state index is 11.9. The number of methoxy groups -OCH3 is 1. The molecule has 5 nitrogen and oxygen atoms in total. The van der Waals surface area contributed by atoms with E-state index < -0.39 is 24.0 Å². The van der Waals surface area contributed by atoms with Crippen LogP contribution in [0.5, 0.6) is 0 Å². The monoisotopic (exact) mass is 272 g/mol. The fourth-order valence-electron chi connectivity index (χ4n) is 1.36. The first-order valence-electron chi connectivity index (χ1n) is 6.45. The standard InChI is InChI=1S/C14H24O5/c1-5-6-9-19-13(16)14(17,8-7-11(2)3)10-12(15)18-4/h7,17H,5-6,8-10H2,1-4H3/t14-/m1/s1. The van der Waals surface area contributed by atoms with Gasteiger partial charge in [-0.15, -0.1) is 0 Å². The van der Waals surface area contributed by atoms with Gasteiger partial charge in [-0.1, -0.05) is 25.0 Å². The summed E-state index contributed by atoms with van der Waals surface area (Å²) in [5.41, 5.74) is -0.900. The van der Waals surface area contributed by atoms with Gasteiger partial charge in [0.25, 0.3) is 0 Å². The summed E-state index contributed by atoms with van der Waals surface area (Å²) >= 11 is 0. The van der Waals surface area contributed by atoms with E-state index in [4.69, 9.17) is 4.74 Å². The largest absolute Gasteiger partial charge is 0.469 e. The van der Waals surface area contributed by atoms with Crippen LogP contribution in [0, 0.1) is 0 Å².